The molecule has 40 heavy (non-hydrogen) atoms. The number of benzene rings is 3. The van der Waals surface area contributed by atoms with Gasteiger partial charge in [0.1, 0.15) is 0 Å². The van der Waals surface area contributed by atoms with Crippen molar-refractivity contribution in [2.24, 2.45) is 11.8 Å². The third kappa shape index (κ3) is 6.34. The van der Waals surface area contributed by atoms with E-state index >= 15 is 0 Å². The molecule has 0 bridgehead atoms. The van der Waals surface area contributed by atoms with Gasteiger partial charge in [-0.2, -0.15) is 0 Å². The predicted molar refractivity (Wildman–Crippen MR) is 154 cm³/mol. The lowest BCUT2D eigenvalue weighted by Gasteiger charge is -2.36. The maximum Gasteiger partial charge on any atom is 0.251 e. The van der Waals surface area contributed by atoms with Crippen LogP contribution in [-0.2, 0) is 16.4 Å². The lowest BCUT2D eigenvalue weighted by atomic mass is 9.80. The number of nitrogens with one attached hydrogen (secondary N) is 1. The summed E-state index contributed by atoms with van der Waals surface area (Å²) in [5.74, 6) is 2.29. The molecule has 1 amide bonds. The van der Waals surface area contributed by atoms with Gasteiger partial charge in [0.25, 0.3) is 5.91 Å². The van der Waals surface area contributed by atoms with Gasteiger partial charge in [0, 0.05) is 24.7 Å². The Balaban J connectivity index is 1.10. The number of carbonyl (C=O) groups is 1. The van der Waals surface area contributed by atoms with Crippen LogP contribution in [0.1, 0.15) is 54.1 Å². The number of carbonyl (C=O) groups excluding carboxylic acids is 1. The van der Waals surface area contributed by atoms with Crippen LogP contribution in [-0.4, -0.2) is 45.7 Å². The number of amides is 1. The van der Waals surface area contributed by atoms with Gasteiger partial charge in [-0.25, -0.2) is 8.42 Å². The minimum absolute atomic E-state index is 0.0116. The van der Waals surface area contributed by atoms with E-state index < -0.39 is 9.84 Å². The predicted octanol–water partition coefficient (Wildman–Crippen LogP) is 5.61. The first kappa shape index (κ1) is 28.2. The van der Waals surface area contributed by atoms with E-state index in [1.807, 2.05) is 43.3 Å². The molecule has 0 saturated carbocycles. The van der Waals surface area contributed by atoms with Crippen LogP contribution in [0.5, 0.6) is 11.5 Å². The third-order valence-corrected chi connectivity index (χ3v) is 10.1. The molecule has 1 saturated heterocycles. The van der Waals surface area contributed by atoms with Gasteiger partial charge in [0.2, 0.25) is 16.6 Å². The molecule has 8 heteroatoms. The minimum Gasteiger partial charge on any atom is -0.454 e. The van der Waals surface area contributed by atoms with Gasteiger partial charge in [-0.15, -0.1) is 0 Å². The first-order chi connectivity index (χ1) is 19.3. The highest BCUT2D eigenvalue weighted by Crippen LogP contribution is 2.35. The van der Waals surface area contributed by atoms with E-state index in [1.165, 1.54) is 6.07 Å². The summed E-state index contributed by atoms with van der Waals surface area (Å²) in [5, 5.41) is 3.12. The smallest absolute Gasteiger partial charge is 0.251 e. The van der Waals surface area contributed by atoms with Crippen molar-refractivity contribution in [2.75, 3.05) is 26.4 Å². The van der Waals surface area contributed by atoms with Crippen molar-refractivity contribution in [1.29, 1.82) is 0 Å². The second kappa shape index (κ2) is 12.4. The molecule has 2 aliphatic rings. The van der Waals surface area contributed by atoms with E-state index in [4.69, 9.17) is 9.47 Å². The second-order valence-corrected chi connectivity index (χ2v) is 12.8. The highest BCUT2D eigenvalue weighted by molar-refractivity contribution is 7.91. The van der Waals surface area contributed by atoms with Crippen molar-refractivity contribution in [3.05, 3.63) is 83.4 Å². The van der Waals surface area contributed by atoms with E-state index in [0.717, 1.165) is 62.0 Å². The van der Waals surface area contributed by atoms with Crippen LogP contribution in [0.25, 0.3) is 0 Å². The molecule has 5 rings (SSSR count). The largest absolute Gasteiger partial charge is 0.454 e. The highest BCUT2D eigenvalue weighted by Gasteiger charge is 2.26. The summed E-state index contributed by atoms with van der Waals surface area (Å²) < 4.78 is 36.9. The van der Waals surface area contributed by atoms with Crippen LogP contribution in [0.2, 0.25) is 0 Å². The number of ether oxygens (including phenoxy) is 2. The lowest BCUT2D eigenvalue weighted by Crippen LogP contribution is -2.36. The number of likely N-dealkylation sites (tertiary alicyclic amines) is 1. The number of nitrogens with zero attached hydrogens (tertiary/aromatic N) is 1. The van der Waals surface area contributed by atoms with Crippen LogP contribution in [0.15, 0.2) is 76.5 Å². The number of piperidine rings is 1. The summed E-state index contributed by atoms with van der Waals surface area (Å²) >= 11 is 0. The summed E-state index contributed by atoms with van der Waals surface area (Å²) in [6.07, 6.45) is 4.39. The summed E-state index contributed by atoms with van der Waals surface area (Å²) in [4.78, 5) is 15.5. The number of hydrogen-bond donors (Lipinski definition) is 1. The highest BCUT2D eigenvalue weighted by atomic mass is 32.2. The molecule has 7 nitrogen and oxygen atoms in total. The summed E-state index contributed by atoms with van der Waals surface area (Å²) in [5.41, 5.74) is 2.86. The zero-order valence-corrected chi connectivity index (χ0v) is 24.1. The molecular formula is C32H38N2O5S. The van der Waals surface area contributed by atoms with Crippen molar-refractivity contribution >= 4 is 15.7 Å². The average Bonchev–Trinajstić information content (AvgIpc) is 3.45. The molecule has 1 N–H and O–H groups in total. The molecule has 2 heterocycles. The lowest BCUT2D eigenvalue weighted by molar-refractivity contribution is 0.0942. The Labute approximate surface area is 237 Å². The van der Waals surface area contributed by atoms with Crippen molar-refractivity contribution in [2.45, 2.75) is 55.9 Å². The number of hydrogen-bond acceptors (Lipinski definition) is 6. The van der Waals surface area contributed by atoms with Gasteiger partial charge in [-0.1, -0.05) is 43.7 Å². The summed E-state index contributed by atoms with van der Waals surface area (Å²) in [6, 6.07) is 19.6. The Morgan fingerprint density at radius 2 is 1.68 bits per heavy atom. The van der Waals surface area contributed by atoms with Crippen LogP contribution >= 0.6 is 0 Å². The molecule has 3 aromatic rings. The summed E-state index contributed by atoms with van der Waals surface area (Å²) in [7, 11) is -3.64. The number of sulfone groups is 1. The molecule has 1 unspecified atom stereocenters. The minimum atomic E-state index is -3.64. The molecule has 0 radical (unpaired) electrons. The molecular weight excluding hydrogens is 524 g/mol. The standard InChI is InChI=1S/C32H38N2O5S/c1-3-25(14-17-33-32(35)29-7-5-4-6-23(29)2)26-15-18-34(19-16-26)21-24-8-10-27(11-9-24)40(36,37)28-12-13-30-31(20-28)39-22-38-30/h4-13,20,25-26H,3,14-19,21-22H2,1-2H3,(H,33,35). The maximum atomic E-state index is 13.1. The molecule has 0 spiro atoms. The molecule has 2 aliphatic heterocycles. The molecule has 0 aromatic heterocycles. The van der Waals surface area contributed by atoms with Gasteiger partial charge in [-0.3, -0.25) is 9.69 Å². The Morgan fingerprint density at radius 1 is 0.975 bits per heavy atom. The summed E-state index contributed by atoms with van der Waals surface area (Å²) in [6.45, 7) is 7.88. The van der Waals surface area contributed by atoms with Gasteiger partial charge in [-0.05, 0) is 92.6 Å². The zero-order valence-electron chi connectivity index (χ0n) is 23.3. The first-order valence-electron chi connectivity index (χ1n) is 14.1. The monoisotopic (exact) mass is 562 g/mol. The van der Waals surface area contributed by atoms with Crippen LogP contribution in [0.4, 0.5) is 0 Å². The SMILES string of the molecule is CCC(CCNC(=O)c1ccccc1C)C1CCN(Cc2ccc(S(=O)(=O)c3ccc4c(c3)OCO4)cc2)CC1. The Kier molecular flexibility index (Phi) is 8.76. The Bertz CT molecular complexity index is 1430. The van der Waals surface area contributed by atoms with Crippen molar-refractivity contribution in [3.63, 3.8) is 0 Å². The van der Waals surface area contributed by atoms with Crippen molar-refractivity contribution in [1.82, 2.24) is 10.2 Å². The van der Waals surface area contributed by atoms with Gasteiger partial charge in [0.05, 0.1) is 9.79 Å². The first-order valence-corrected chi connectivity index (χ1v) is 15.6. The van der Waals surface area contributed by atoms with E-state index in [2.05, 4.69) is 17.1 Å². The number of fused-ring (bicyclic) bond motifs is 1. The van der Waals surface area contributed by atoms with Gasteiger partial charge in [0.15, 0.2) is 11.5 Å². The van der Waals surface area contributed by atoms with Gasteiger partial charge < -0.3 is 14.8 Å². The van der Waals surface area contributed by atoms with Crippen molar-refractivity contribution in [3.8, 4) is 11.5 Å². The van der Waals surface area contributed by atoms with E-state index in [9.17, 15) is 13.2 Å². The molecule has 1 atom stereocenters. The Hall–Kier alpha value is -3.36. The fourth-order valence-electron chi connectivity index (χ4n) is 5.86. The van der Waals surface area contributed by atoms with Crippen LogP contribution in [0, 0.1) is 18.8 Å². The van der Waals surface area contributed by atoms with E-state index in [-0.39, 0.29) is 22.5 Å². The average molecular weight is 563 g/mol. The van der Waals surface area contributed by atoms with E-state index in [1.54, 1.807) is 24.3 Å². The van der Waals surface area contributed by atoms with E-state index in [0.29, 0.717) is 29.9 Å². The maximum absolute atomic E-state index is 13.1. The quantitative estimate of drug-likeness (QED) is 0.346. The number of rotatable bonds is 10. The molecule has 212 valence electrons. The topological polar surface area (TPSA) is 84.9 Å². The third-order valence-electron chi connectivity index (χ3n) is 8.31. The molecule has 0 aliphatic carbocycles. The van der Waals surface area contributed by atoms with Crippen molar-refractivity contribution < 1.29 is 22.7 Å². The molecule has 3 aromatic carbocycles. The zero-order chi connectivity index (χ0) is 28.1. The van der Waals surface area contributed by atoms with Gasteiger partial charge >= 0.3 is 0 Å². The Morgan fingerprint density at radius 3 is 2.40 bits per heavy atom. The van der Waals surface area contributed by atoms with Crippen LogP contribution in [0.3, 0.4) is 0 Å². The normalized spacial score (nSPS) is 16.6. The van der Waals surface area contributed by atoms with Crippen LogP contribution < -0.4 is 14.8 Å². The molecule has 1 fully saturated rings. The fourth-order valence-corrected chi connectivity index (χ4v) is 7.14. The fraction of sp³-hybridized carbons (Fsp3) is 0.406. The number of aryl methyl sites for hydroxylation is 1. The second-order valence-electron chi connectivity index (χ2n) is 10.8.